The predicted octanol–water partition coefficient (Wildman–Crippen LogP) is 3.17. The van der Waals surface area contributed by atoms with Gasteiger partial charge in [-0.1, -0.05) is 11.6 Å². The molecular formula is C19H25ClN5O5P. The molecule has 3 aromatic heterocycles. The van der Waals surface area contributed by atoms with E-state index in [0.29, 0.717) is 23.1 Å². The van der Waals surface area contributed by atoms with Crippen LogP contribution in [0, 0.1) is 13.8 Å². The summed E-state index contributed by atoms with van der Waals surface area (Å²) >= 11 is 6.37. The fourth-order valence-electron chi connectivity index (χ4n) is 3.70. The number of anilines is 1. The standard InChI is InChI=1S/C19H25ClN5O5P/c1-10-7-22-13(11(2)15(10)29-5)9-25-8-12(6-19(3,4)30-31(26,27)28)14-16(20)23-18(21)24-17(14)25/h7-8H,6,9H2,1-5H3,(H2,21,23,24)(H2,26,27,28). The molecule has 3 heterocycles. The number of aromatic nitrogens is 4. The van der Waals surface area contributed by atoms with Crippen molar-refractivity contribution < 1.29 is 23.6 Å². The largest absolute Gasteiger partial charge is 0.496 e. The lowest BCUT2D eigenvalue weighted by Gasteiger charge is -2.25. The smallest absolute Gasteiger partial charge is 0.470 e. The summed E-state index contributed by atoms with van der Waals surface area (Å²) in [5.74, 6) is 0.769. The second kappa shape index (κ2) is 8.37. The van der Waals surface area contributed by atoms with E-state index in [2.05, 4.69) is 15.0 Å². The zero-order valence-electron chi connectivity index (χ0n) is 17.9. The van der Waals surface area contributed by atoms with Crippen LogP contribution in [-0.4, -0.2) is 42.0 Å². The minimum absolute atomic E-state index is 0.0142. The van der Waals surface area contributed by atoms with Crippen LogP contribution in [0.4, 0.5) is 5.95 Å². The van der Waals surface area contributed by atoms with E-state index in [0.717, 1.165) is 22.6 Å². The van der Waals surface area contributed by atoms with Gasteiger partial charge in [0, 0.05) is 29.9 Å². The summed E-state index contributed by atoms with van der Waals surface area (Å²) in [6.45, 7) is 7.36. The summed E-state index contributed by atoms with van der Waals surface area (Å²) < 4.78 is 23.6. The van der Waals surface area contributed by atoms with Crippen LogP contribution >= 0.6 is 19.4 Å². The molecule has 0 aliphatic rings. The van der Waals surface area contributed by atoms with E-state index in [-0.39, 0.29) is 17.5 Å². The van der Waals surface area contributed by atoms with Crippen molar-refractivity contribution in [3.8, 4) is 5.75 Å². The highest BCUT2D eigenvalue weighted by atomic mass is 35.5. The molecule has 0 aromatic carbocycles. The number of nitrogen functional groups attached to an aromatic ring is 1. The molecular weight excluding hydrogens is 445 g/mol. The molecule has 0 aliphatic carbocycles. The van der Waals surface area contributed by atoms with Gasteiger partial charge in [0.2, 0.25) is 5.95 Å². The van der Waals surface area contributed by atoms with Gasteiger partial charge in [-0.2, -0.15) is 4.98 Å². The lowest BCUT2D eigenvalue weighted by atomic mass is 9.99. The Morgan fingerprint density at radius 3 is 2.58 bits per heavy atom. The first kappa shape index (κ1) is 23.4. The van der Waals surface area contributed by atoms with Crippen LogP contribution in [0.15, 0.2) is 12.4 Å². The number of rotatable bonds is 7. The van der Waals surface area contributed by atoms with Gasteiger partial charge in [-0.25, -0.2) is 9.55 Å². The lowest BCUT2D eigenvalue weighted by Crippen LogP contribution is -2.26. The number of hydrogen-bond acceptors (Lipinski definition) is 7. The quantitative estimate of drug-likeness (QED) is 0.350. The minimum atomic E-state index is -4.69. The number of fused-ring (bicyclic) bond motifs is 1. The van der Waals surface area contributed by atoms with Crippen LogP contribution in [0.5, 0.6) is 5.75 Å². The summed E-state index contributed by atoms with van der Waals surface area (Å²) in [7, 11) is -3.08. The molecule has 12 heteroatoms. The number of hydrogen-bond donors (Lipinski definition) is 3. The molecule has 0 aliphatic heterocycles. The van der Waals surface area contributed by atoms with Gasteiger partial charge in [-0.3, -0.25) is 9.51 Å². The second-order valence-electron chi connectivity index (χ2n) is 7.92. The normalized spacial score (nSPS) is 12.5. The topological polar surface area (TPSA) is 146 Å². The number of ether oxygens (including phenoxy) is 1. The van der Waals surface area contributed by atoms with E-state index >= 15 is 0 Å². The Bertz CT molecular complexity index is 1190. The van der Waals surface area contributed by atoms with Crippen molar-refractivity contribution in [2.75, 3.05) is 12.8 Å². The maximum Gasteiger partial charge on any atom is 0.470 e. The van der Waals surface area contributed by atoms with Crippen LogP contribution in [0.3, 0.4) is 0 Å². The van der Waals surface area contributed by atoms with Crippen LogP contribution in [-0.2, 0) is 22.1 Å². The number of phosphoric acid groups is 1. The number of halogens is 1. The molecule has 3 aromatic rings. The maximum atomic E-state index is 11.4. The lowest BCUT2D eigenvalue weighted by molar-refractivity contribution is 0.0658. The van der Waals surface area contributed by atoms with Crippen molar-refractivity contribution in [1.82, 2.24) is 19.5 Å². The Morgan fingerprint density at radius 2 is 1.97 bits per heavy atom. The molecule has 0 unspecified atom stereocenters. The maximum absolute atomic E-state index is 11.4. The van der Waals surface area contributed by atoms with Gasteiger partial charge in [0.1, 0.15) is 16.5 Å². The van der Waals surface area contributed by atoms with E-state index in [4.69, 9.17) is 26.6 Å². The van der Waals surface area contributed by atoms with Crippen molar-refractivity contribution in [2.24, 2.45) is 0 Å². The summed E-state index contributed by atoms with van der Waals surface area (Å²) in [5, 5.41) is 0.685. The summed E-state index contributed by atoms with van der Waals surface area (Å²) in [4.78, 5) is 31.4. The first-order valence-electron chi connectivity index (χ1n) is 9.37. The Morgan fingerprint density at radius 1 is 1.29 bits per heavy atom. The van der Waals surface area contributed by atoms with E-state index in [9.17, 15) is 14.4 Å². The van der Waals surface area contributed by atoms with Gasteiger partial charge in [0.25, 0.3) is 0 Å². The summed E-state index contributed by atoms with van der Waals surface area (Å²) in [6, 6.07) is 0. The molecule has 0 fully saturated rings. The van der Waals surface area contributed by atoms with Crippen LogP contribution in [0.2, 0.25) is 5.15 Å². The van der Waals surface area contributed by atoms with E-state index in [1.165, 1.54) is 0 Å². The number of methoxy groups -OCH3 is 1. The predicted molar refractivity (Wildman–Crippen MR) is 117 cm³/mol. The third-order valence-corrected chi connectivity index (χ3v) is 5.83. The van der Waals surface area contributed by atoms with E-state index in [1.807, 2.05) is 18.4 Å². The average Bonchev–Trinajstić information content (AvgIpc) is 2.92. The molecule has 10 nitrogen and oxygen atoms in total. The van der Waals surface area contributed by atoms with Crippen molar-refractivity contribution in [1.29, 1.82) is 0 Å². The van der Waals surface area contributed by atoms with Crippen molar-refractivity contribution >= 4 is 36.4 Å². The van der Waals surface area contributed by atoms with Gasteiger partial charge in [0.15, 0.2) is 0 Å². The van der Waals surface area contributed by atoms with Crippen molar-refractivity contribution in [3.63, 3.8) is 0 Å². The Labute approximate surface area is 184 Å². The molecule has 0 spiro atoms. The molecule has 0 saturated heterocycles. The fourth-order valence-corrected chi connectivity index (χ4v) is 4.70. The number of nitrogens with two attached hydrogens (primary N) is 1. The SMILES string of the molecule is COc1c(C)cnc(Cn2cc(CC(C)(C)OP(=O)(O)O)c3c(Cl)nc(N)nc32)c1C. The van der Waals surface area contributed by atoms with Crippen LogP contribution < -0.4 is 10.5 Å². The number of nitrogens with zero attached hydrogens (tertiary/aromatic N) is 4. The van der Waals surface area contributed by atoms with Gasteiger partial charge < -0.3 is 24.8 Å². The summed E-state index contributed by atoms with van der Waals surface area (Å²) in [5.41, 5.74) is 8.38. The first-order valence-corrected chi connectivity index (χ1v) is 11.3. The summed E-state index contributed by atoms with van der Waals surface area (Å²) in [6.07, 6.45) is 3.68. The Kier molecular flexibility index (Phi) is 6.32. The molecule has 0 amide bonds. The van der Waals surface area contributed by atoms with Crippen molar-refractivity contribution in [3.05, 3.63) is 39.9 Å². The molecule has 0 radical (unpaired) electrons. The van der Waals surface area contributed by atoms with Gasteiger partial charge in [-0.15, -0.1) is 0 Å². The third kappa shape index (κ3) is 5.16. The highest BCUT2D eigenvalue weighted by Crippen LogP contribution is 2.43. The van der Waals surface area contributed by atoms with E-state index < -0.39 is 13.4 Å². The molecule has 3 rings (SSSR count). The molecule has 168 valence electrons. The molecule has 0 saturated carbocycles. The number of phosphoric ester groups is 1. The molecule has 4 N–H and O–H groups in total. The Balaban J connectivity index is 2.11. The molecule has 0 bridgehead atoms. The monoisotopic (exact) mass is 469 g/mol. The van der Waals surface area contributed by atoms with Gasteiger partial charge in [0.05, 0.1) is 30.3 Å². The number of aryl methyl sites for hydroxylation is 1. The van der Waals surface area contributed by atoms with Gasteiger partial charge in [-0.05, 0) is 33.3 Å². The van der Waals surface area contributed by atoms with E-state index in [1.54, 1.807) is 33.4 Å². The van der Waals surface area contributed by atoms with Crippen molar-refractivity contribution in [2.45, 2.75) is 46.3 Å². The molecule has 0 atom stereocenters. The van der Waals surface area contributed by atoms with Gasteiger partial charge >= 0.3 is 7.82 Å². The van der Waals surface area contributed by atoms with Crippen LogP contribution in [0.1, 0.15) is 36.2 Å². The average molecular weight is 470 g/mol. The fraction of sp³-hybridized carbons (Fsp3) is 0.421. The zero-order valence-corrected chi connectivity index (χ0v) is 19.5. The highest BCUT2D eigenvalue weighted by molar-refractivity contribution is 7.46. The highest BCUT2D eigenvalue weighted by Gasteiger charge is 2.31. The second-order valence-corrected chi connectivity index (χ2v) is 9.44. The Hall–Kier alpha value is -2.23. The first-order chi connectivity index (χ1) is 14.3. The van der Waals surface area contributed by atoms with Crippen LogP contribution in [0.25, 0.3) is 11.0 Å². The zero-order chi connectivity index (χ0) is 23.1. The minimum Gasteiger partial charge on any atom is -0.496 e. The number of pyridine rings is 1. The molecule has 31 heavy (non-hydrogen) atoms. The third-order valence-electron chi connectivity index (χ3n) is 4.82.